The number of rotatable bonds is 25. The van der Waals surface area contributed by atoms with Crippen LogP contribution in [-0.2, 0) is 14.3 Å². The van der Waals surface area contributed by atoms with E-state index in [-0.39, 0.29) is 5.97 Å². The van der Waals surface area contributed by atoms with Gasteiger partial charge in [0.15, 0.2) is 0 Å². The minimum Gasteiger partial charge on any atom is -0.465 e. The number of hydrogen-bond donors (Lipinski definition) is 0. The SMILES string of the molecule is CCCCCCCCC(CCCCCC)COC(=O)CCCCCN(CCCC=O)C1CC1. The van der Waals surface area contributed by atoms with Gasteiger partial charge in [0.05, 0.1) is 6.61 Å². The Morgan fingerprint density at radius 2 is 1.39 bits per heavy atom. The van der Waals surface area contributed by atoms with Gasteiger partial charge in [0.1, 0.15) is 6.29 Å². The van der Waals surface area contributed by atoms with E-state index in [4.69, 9.17) is 4.74 Å². The molecule has 4 nitrogen and oxygen atoms in total. The van der Waals surface area contributed by atoms with E-state index in [9.17, 15) is 9.59 Å². The van der Waals surface area contributed by atoms with E-state index in [0.29, 0.717) is 25.4 Å². The Morgan fingerprint density at radius 3 is 2.03 bits per heavy atom. The van der Waals surface area contributed by atoms with E-state index in [1.54, 1.807) is 0 Å². The Labute approximate surface area is 205 Å². The molecule has 0 bridgehead atoms. The summed E-state index contributed by atoms with van der Waals surface area (Å²) in [5.41, 5.74) is 0. The number of hydrogen-bond acceptors (Lipinski definition) is 4. The molecule has 0 saturated heterocycles. The molecule has 194 valence electrons. The molecule has 1 unspecified atom stereocenters. The van der Waals surface area contributed by atoms with Crippen LogP contribution in [0.15, 0.2) is 0 Å². The quantitative estimate of drug-likeness (QED) is 0.0781. The van der Waals surface area contributed by atoms with Crippen molar-refractivity contribution in [2.75, 3.05) is 19.7 Å². The lowest BCUT2D eigenvalue weighted by Gasteiger charge is -2.21. The van der Waals surface area contributed by atoms with Gasteiger partial charge in [-0.2, -0.15) is 0 Å². The molecule has 33 heavy (non-hydrogen) atoms. The van der Waals surface area contributed by atoms with Gasteiger partial charge in [-0.15, -0.1) is 0 Å². The number of nitrogens with zero attached hydrogens (tertiary/aromatic N) is 1. The summed E-state index contributed by atoms with van der Waals surface area (Å²) in [5, 5.41) is 0. The second-order valence-electron chi connectivity index (χ2n) is 10.3. The number of esters is 1. The van der Waals surface area contributed by atoms with Crippen molar-refractivity contribution in [3.63, 3.8) is 0 Å². The first kappa shape index (κ1) is 30.1. The maximum atomic E-state index is 12.3. The molecule has 1 aliphatic rings. The summed E-state index contributed by atoms with van der Waals surface area (Å²) < 4.78 is 5.72. The lowest BCUT2D eigenvalue weighted by Crippen LogP contribution is -2.28. The predicted octanol–water partition coefficient (Wildman–Crippen LogP) is 7.87. The fourth-order valence-electron chi connectivity index (χ4n) is 4.72. The highest BCUT2D eigenvalue weighted by Crippen LogP contribution is 2.27. The van der Waals surface area contributed by atoms with Gasteiger partial charge < -0.3 is 14.4 Å². The average Bonchev–Trinajstić information content (AvgIpc) is 3.66. The highest BCUT2D eigenvalue weighted by atomic mass is 16.5. The molecule has 0 aromatic rings. The van der Waals surface area contributed by atoms with E-state index < -0.39 is 0 Å². The molecule has 0 heterocycles. The van der Waals surface area contributed by atoms with Crippen LogP contribution in [0.1, 0.15) is 142 Å². The molecule has 0 aliphatic heterocycles. The maximum absolute atomic E-state index is 12.3. The first-order chi connectivity index (χ1) is 16.2. The Kier molecular flexibility index (Phi) is 19.7. The standard InChI is InChI=1S/C29H55NO3/c1-3-5-7-9-10-13-19-27(18-12-8-6-4-2)26-33-29(32)20-14-11-15-23-30(28-21-22-28)24-16-17-25-31/h25,27-28H,3-24,26H2,1-2H3. The zero-order valence-electron chi connectivity index (χ0n) is 22.2. The Morgan fingerprint density at radius 1 is 0.818 bits per heavy atom. The minimum atomic E-state index is 0.00142. The van der Waals surface area contributed by atoms with E-state index in [2.05, 4.69) is 18.7 Å². The van der Waals surface area contributed by atoms with Gasteiger partial charge in [0.25, 0.3) is 0 Å². The summed E-state index contributed by atoms with van der Waals surface area (Å²) in [6.45, 7) is 7.31. The van der Waals surface area contributed by atoms with Crippen molar-refractivity contribution in [3.05, 3.63) is 0 Å². The van der Waals surface area contributed by atoms with Gasteiger partial charge in [-0.1, -0.05) is 84.5 Å². The van der Waals surface area contributed by atoms with Crippen LogP contribution in [0.2, 0.25) is 0 Å². The van der Waals surface area contributed by atoms with Gasteiger partial charge in [-0.25, -0.2) is 0 Å². The molecule has 1 rings (SSSR count). The van der Waals surface area contributed by atoms with Crippen LogP contribution in [0.5, 0.6) is 0 Å². The van der Waals surface area contributed by atoms with Crippen molar-refractivity contribution in [3.8, 4) is 0 Å². The lowest BCUT2D eigenvalue weighted by atomic mass is 9.95. The van der Waals surface area contributed by atoms with E-state index in [0.717, 1.165) is 51.1 Å². The summed E-state index contributed by atoms with van der Waals surface area (Å²) >= 11 is 0. The van der Waals surface area contributed by atoms with Crippen LogP contribution in [0.25, 0.3) is 0 Å². The Hall–Kier alpha value is -0.900. The fraction of sp³-hybridized carbons (Fsp3) is 0.931. The summed E-state index contributed by atoms with van der Waals surface area (Å²) in [5.74, 6) is 0.553. The molecule has 1 aliphatic carbocycles. The number of unbranched alkanes of at least 4 members (excludes halogenated alkanes) is 11. The molecule has 1 saturated carbocycles. The third-order valence-electron chi connectivity index (χ3n) is 7.07. The van der Waals surface area contributed by atoms with Crippen molar-refractivity contribution in [1.82, 2.24) is 4.90 Å². The largest absolute Gasteiger partial charge is 0.465 e. The van der Waals surface area contributed by atoms with Gasteiger partial charge in [-0.05, 0) is 64.0 Å². The summed E-state index contributed by atoms with van der Waals surface area (Å²) in [7, 11) is 0. The van der Waals surface area contributed by atoms with E-state index >= 15 is 0 Å². The average molecular weight is 466 g/mol. The summed E-state index contributed by atoms with van der Waals surface area (Å²) in [6.07, 6.45) is 24.6. The fourth-order valence-corrected chi connectivity index (χ4v) is 4.72. The first-order valence-electron chi connectivity index (χ1n) is 14.5. The highest BCUT2D eigenvalue weighted by Gasteiger charge is 2.27. The number of carbonyl (C=O) groups excluding carboxylic acids is 2. The van der Waals surface area contributed by atoms with Crippen molar-refractivity contribution in [2.45, 2.75) is 148 Å². The molecule has 0 spiro atoms. The van der Waals surface area contributed by atoms with Crippen LogP contribution in [-0.4, -0.2) is 42.9 Å². The first-order valence-corrected chi connectivity index (χ1v) is 14.5. The zero-order chi connectivity index (χ0) is 24.0. The summed E-state index contributed by atoms with van der Waals surface area (Å²) in [4.78, 5) is 25.4. The minimum absolute atomic E-state index is 0.00142. The number of aldehydes is 1. The lowest BCUT2D eigenvalue weighted by molar-refractivity contribution is -0.145. The van der Waals surface area contributed by atoms with E-state index in [1.807, 2.05) is 0 Å². The molecule has 4 heteroatoms. The number of carbonyl (C=O) groups is 2. The second kappa shape index (κ2) is 21.6. The molecule has 1 fully saturated rings. The van der Waals surface area contributed by atoms with Gasteiger partial charge in [0, 0.05) is 18.9 Å². The molecular formula is C29H55NO3. The monoisotopic (exact) mass is 465 g/mol. The third kappa shape index (κ3) is 18.1. The molecule has 0 radical (unpaired) electrons. The van der Waals surface area contributed by atoms with Gasteiger partial charge in [0.2, 0.25) is 0 Å². The normalized spacial score (nSPS) is 14.5. The van der Waals surface area contributed by atoms with Crippen molar-refractivity contribution >= 4 is 12.3 Å². The van der Waals surface area contributed by atoms with Crippen LogP contribution < -0.4 is 0 Å². The van der Waals surface area contributed by atoms with Gasteiger partial charge in [-0.3, -0.25) is 4.79 Å². The van der Waals surface area contributed by atoms with Crippen LogP contribution in [0, 0.1) is 5.92 Å². The van der Waals surface area contributed by atoms with E-state index in [1.165, 1.54) is 89.9 Å². The molecule has 1 atom stereocenters. The zero-order valence-corrected chi connectivity index (χ0v) is 22.2. The molecule has 0 N–H and O–H groups in total. The Balaban J connectivity index is 2.15. The van der Waals surface area contributed by atoms with Crippen LogP contribution >= 0.6 is 0 Å². The second-order valence-corrected chi connectivity index (χ2v) is 10.3. The van der Waals surface area contributed by atoms with Crippen molar-refractivity contribution < 1.29 is 14.3 Å². The highest BCUT2D eigenvalue weighted by molar-refractivity contribution is 5.69. The molecular weight excluding hydrogens is 410 g/mol. The van der Waals surface area contributed by atoms with Crippen LogP contribution in [0.4, 0.5) is 0 Å². The Bertz CT molecular complexity index is 464. The number of ether oxygens (including phenoxy) is 1. The predicted molar refractivity (Wildman–Crippen MR) is 140 cm³/mol. The molecule has 0 amide bonds. The third-order valence-corrected chi connectivity index (χ3v) is 7.07. The van der Waals surface area contributed by atoms with Crippen LogP contribution in [0.3, 0.4) is 0 Å². The summed E-state index contributed by atoms with van der Waals surface area (Å²) in [6, 6.07) is 0.752. The maximum Gasteiger partial charge on any atom is 0.305 e. The molecule has 0 aromatic heterocycles. The van der Waals surface area contributed by atoms with Crippen molar-refractivity contribution in [1.29, 1.82) is 0 Å². The van der Waals surface area contributed by atoms with Crippen molar-refractivity contribution in [2.24, 2.45) is 5.92 Å². The smallest absolute Gasteiger partial charge is 0.305 e. The molecule has 0 aromatic carbocycles. The van der Waals surface area contributed by atoms with Gasteiger partial charge >= 0.3 is 5.97 Å². The topological polar surface area (TPSA) is 46.6 Å².